The number of ether oxygens (including phenoxy) is 4. The van der Waals surface area contributed by atoms with Gasteiger partial charge in [0.1, 0.15) is 24.7 Å². The fourth-order valence-corrected chi connectivity index (χ4v) is 3.19. The van der Waals surface area contributed by atoms with Crippen LogP contribution < -0.4 is 15.2 Å². The summed E-state index contributed by atoms with van der Waals surface area (Å²) >= 11 is 0. The molecule has 1 saturated heterocycles. The van der Waals surface area contributed by atoms with Crippen LogP contribution in [0.5, 0.6) is 11.5 Å². The monoisotopic (exact) mass is 425 g/mol. The van der Waals surface area contributed by atoms with Crippen LogP contribution in [0.2, 0.25) is 0 Å². The second kappa shape index (κ2) is 9.82. The summed E-state index contributed by atoms with van der Waals surface area (Å²) in [6, 6.07) is 14.8. The Hall–Kier alpha value is -3.07. The third-order valence-corrected chi connectivity index (χ3v) is 4.89. The van der Waals surface area contributed by atoms with Crippen LogP contribution in [0.25, 0.3) is 11.4 Å². The van der Waals surface area contributed by atoms with Gasteiger partial charge in [0.25, 0.3) is 0 Å². The molecule has 0 N–H and O–H groups in total. The molecule has 0 aliphatic carbocycles. The molecule has 164 valence electrons. The highest BCUT2D eigenvalue weighted by molar-refractivity contribution is 5.40. The van der Waals surface area contributed by atoms with Crippen molar-refractivity contribution in [2.24, 2.45) is 0 Å². The molecule has 0 atom stereocenters. The zero-order chi connectivity index (χ0) is 21.6. The first kappa shape index (κ1) is 21.2. The zero-order valence-electron chi connectivity index (χ0n) is 17.8. The van der Waals surface area contributed by atoms with Crippen LogP contribution in [0, 0.1) is 0 Å². The molecule has 0 bridgehead atoms. The lowest BCUT2D eigenvalue weighted by Crippen LogP contribution is -2.21. The molecule has 2 aromatic carbocycles. The zero-order valence-corrected chi connectivity index (χ0v) is 17.8. The van der Waals surface area contributed by atoms with Crippen molar-refractivity contribution >= 4 is 0 Å². The number of imidazole rings is 1. The number of rotatable bonds is 9. The van der Waals surface area contributed by atoms with Gasteiger partial charge in [0.2, 0.25) is 0 Å². The van der Waals surface area contributed by atoms with Gasteiger partial charge in [0.15, 0.2) is 6.29 Å². The summed E-state index contributed by atoms with van der Waals surface area (Å²) in [4.78, 5) is 15.0. The average Bonchev–Trinajstić information content (AvgIpc) is 3.43. The van der Waals surface area contributed by atoms with Crippen molar-refractivity contribution in [2.75, 3.05) is 47.1 Å². The van der Waals surface area contributed by atoms with E-state index in [-0.39, 0.29) is 12.0 Å². The number of benzene rings is 2. The van der Waals surface area contributed by atoms with Crippen LogP contribution in [0.3, 0.4) is 0 Å². The number of likely N-dealkylation sites (N-methyl/N-ethyl adjacent to an activating group) is 1. The molecule has 0 radical (unpaired) electrons. The largest absolute Gasteiger partial charge is 0.492 e. The maximum absolute atomic E-state index is 12.9. The summed E-state index contributed by atoms with van der Waals surface area (Å²) in [5.41, 5.74) is 1.39. The van der Waals surface area contributed by atoms with Gasteiger partial charge >= 0.3 is 5.69 Å². The SMILES string of the molecule is CN(C)CCOc1ccc(-n2ccn(-c3ccc(OCC4OCCO4)cc3)c2=O)cc1. The van der Waals surface area contributed by atoms with E-state index in [0.717, 1.165) is 23.7 Å². The first-order chi connectivity index (χ1) is 15.1. The molecule has 31 heavy (non-hydrogen) atoms. The molecule has 3 aromatic rings. The number of hydrogen-bond acceptors (Lipinski definition) is 6. The molecule has 1 aliphatic rings. The van der Waals surface area contributed by atoms with E-state index in [1.54, 1.807) is 21.5 Å². The lowest BCUT2D eigenvalue weighted by Gasteiger charge is -2.11. The third-order valence-electron chi connectivity index (χ3n) is 4.89. The van der Waals surface area contributed by atoms with Crippen molar-refractivity contribution in [3.05, 3.63) is 71.4 Å². The normalized spacial score (nSPS) is 14.3. The van der Waals surface area contributed by atoms with Gasteiger partial charge in [-0.15, -0.1) is 0 Å². The predicted molar refractivity (Wildman–Crippen MR) is 117 cm³/mol. The maximum Gasteiger partial charge on any atom is 0.337 e. The Kier molecular flexibility index (Phi) is 6.71. The molecule has 1 fully saturated rings. The number of nitrogens with zero attached hydrogens (tertiary/aromatic N) is 3. The fraction of sp³-hybridized carbons (Fsp3) is 0.348. The minimum Gasteiger partial charge on any atom is -0.492 e. The van der Waals surface area contributed by atoms with Crippen LogP contribution >= 0.6 is 0 Å². The quantitative estimate of drug-likeness (QED) is 0.524. The summed E-state index contributed by atoms with van der Waals surface area (Å²) < 4.78 is 25.3. The van der Waals surface area contributed by atoms with Crippen molar-refractivity contribution in [1.29, 1.82) is 0 Å². The molecule has 0 spiro atoms. The third kappa shape index (κ3) is 5.35. The highest BCUT2D eigenvalue weighted by atomic mass is 16.7. The van der Waals surface area contributed by atoms with Crippen LogP contribution in [0.4, 0.5) is 0 Å². The molecule has 4 rings (SSSR count). The molecule has 0 amide bonds. The minimum absolute atomic E-state index is 0.150. The van der Waals surface area contributed by atoms with Gasteiger partial charge in [-0.05, 0) is 62.6 Å². The molecule has 1 aromatic heterocycles. The van der Waals surface area contributed by atoms with E-state index in [9.17, 15) is 4.79 Å². The van der Waals surface area contributed by atoms with E-state index >= 15 is 0 Å². The van der Waals surface area contributed by atoms with Gasteiger partial charge in [0.05, 0.1) is 24.6 Å². The van der Waals surface area contributed by atoms with Crippen LogP contribution in [0.1, 0.15) is 0 Å². The predicted octanol–water partition coefficient (Wildman–Crippen LogP) is 2.32. The van der Waals surface area contributed by atoms with Crippen molar-refractivity contribution in [3.63, 3.8) is 0 Å². The summed E-state index contributed by atoms with van der Waals surface area (Å²) in [6.45, 7) is 2.99. The van der Waals surface area contributed by atoms with E-state index in [4.69, 9.17) is 18.9 Å². The lowest BCUT2D eigenvalue weighted by atomic mass is 10.3. The van der Waals surface area contributed by atoms with Crippen LogP contribution in [0.15, 0.2) is 65.7 Å². The maximum atomic E-state index is 12.9. The Morgan fingerprint density at radius 2 is 1.39 bits per heavy atom. The molecular formula is C23H27N3O5. The Morgan fingerprint density at radius 1 is 0.871 bits per heavy atom. The van der Waals surface area contributed by atoms with Gasteiger partial charge in [-0.2, -0.15) is 0 Å². The molecule has 8 heteroatoms. The molecule has 2 heterocycles. The summed E-state index contributed by atoms with van der Waals surface area (Å²) in [7, 11) is 4.01. The van der Waals surface area contributed by atoms with Gasteiger partial charge in [-0.25, -0.2) is 4.79 Å². The summed E-state index contributed by atoms with van der Waals surface area (Å²) in [5, 5.41) is 0. The average molecular weight is 425 g/mol. The Labute approximate surface area is 181 Å². The second-order valence-electron chi connectivity index (χ2n) is 7.44. The topological polar surface area (TPSA) is 67.1 Å². The van der Waals surface area contributed by atoms with E-state index in [1.807, 2.05) is 62.6 Å². The number of hydrogen-bond donors (Lipinski definition) is 0. The number of aromatic nitrogens is 2. The molecule has 0 saturated carbocycles. The van der Waals surface area contributed by atoms with E-state index in [2.05, 4.69) is 4.90 Å². The van der Waals surface area contributed by atoms with Crippen LogP contribution in [-0.4, -0.2) is 67.4 Å². The fourth-order valence-electron chi connectivity index (χ4n) is 3.19. The van der Waals surface area contributed by atoms with Gasteiger partial charge in [-0.3, -0.25) is 9.13 Å². The highest BCUT2D eigenvalue weighted by Gasteiger charge is 2.16. The molecule has 1 aliphatic heterocycles. The minimum atomic E-state index is -0.318. The van der Waals surface area contributed by atoms with Gasteiger partial charge in [0, 0.05) is 18.9 Å². The first-order valence-electron chi connectivity index (χ1n) is 10.2. The van der Waals surface area contributed by atoms with Crippen molar-refractivity contribution in [2.45, 2.75) is 6.29 Å². The van der Waals surface area contributed by atoms with E-state index in [1.165, 1.54) is 0 Å². The van der Waals surface area contributed by atoms with E-state index in [0.29, 0.717) is 32.2 Å². The second-order valence-corrected chi connectivity index (χ2v) is 7.44. The van der Waals surface area contributed by atoms with Crippen molar-refractivity contribution in [1.82, 2.24) is 14.0 Å². The highest BCUT2D eigenvalue weighted by Crippen LogP contribution is 2.17. The van der Waals surface area contributed by atoms with Crippen molar-refractivity contribution < 1.29 is 18.9 Å². The smallest absolute Gasteiger partial charge is 0.337 e. The van der Waals surface area contributed by atoms with Crippen LogP contribution in [-0.2, 0) is 9.47 Å². The lowest BCUT2D eigenvalue weighted by molar-refractivity contribution is -0.0684. The Bertz CT molecular complexity index is 1020. The van der Waals surface area contributed by atoms with Gasteiger partial charge < -0.3 is 23.8 Å². The molecular weight excluding hydrogens is 398 g/mol. The first-order valence-corrected chi connectivity index (χ1v) is 10.2. The Balaban J connectivity index is 1.41. The van der Waals surface area contributed by atoms with E-state index < -0.39 is 0 Å². The Morgan fingerprint density at radius 3 is 1.90 bits per heavy atom. The van der Waals surface area contributed by atoms with Gasteiger partial charge in [-0.1, -0.05) is 0 Å². The van der Waals surface area contributed by atoms with Crippen molar-refractivity contribution in [3.8, 4) is 22.9 Å². The molecule has 0 unspecified atom stereocenters. The summed E-state index contributed by atoms with van der Waals surface area (Å²) in [5.74, 6) is 1.47. The standard InChI is InChI=1S/C23H27N3O5/c1-24(2)13-14-28-20-7-3-18(4-8-20)25-11-12-26(23(25)27)19-5-9-21(10-6-19)31-17-22-29-15-16-30-22/h3-12,22H,13-17H2,1-2H3. The molecule has 8 nitrogen and oxygen atoms in total. The summed E-state index contributed by atoms with van der Waals surface area (Å²) in [6.07, 6.45) is 3.18.